The quantitative estimate of drug-likeness (QED) is 0.897. The predicted octanol–water partition coefficient (Wildman–Crippen LogP) is 2.57. The van der Waals surface area contributed by atoms with E-state index < -0.39 is 0 Å². The lowest BCUT2D eigenvalue weighted by molar-refractivity contribution is 0.0953. The molecule has 4 nitrogen and oxygen atoms in total. The molecule has 1 amide bonds. The number of rotatable bonds is 5. The molecule has 1 heterocycles. The number of hydrogen-bond acceptors (Lipinski definition) is 3. The number of carbonyl (C=O) groups is 1. The van der Waals surface area contributed by atoms with Crippen LogP contribution in [0.2, 0.25) is 0 Å². The van der Waals surface area contributed by atoms with Crippen LogP contribution in [-0.4, -0.2) is 19.6 Å². The van der Waals surface area contributed by atoms with Crippen LogP contribution < -0.4 is 10.1 Å². The molecule has 0 unspecified atom stereocenters. The Balaban J connectivity index is 1.87. The van der Waals surface area contributed by atoms with Crippen LogP contribution in [0.1, 0.15) is 21.9 Å². The third kappa shape index (κ3) is 3.61. The Morgan fingerprint density at radius 3 is 2.84 bits per heavy atom. The van der Waals surface area contributed by atoms with E-state index in [9.17, 15) is 4.79 Å². The molecule has 0 aliphatic heterocycles. The molecule has 0 fully saturated rings. The zero-order valence-corrected chi connectivity index (χ0v) is 11.1. The van der Waals surface area contributed by atoms with E-state index in [4.69, 9.17) is 9.15 Å². The van der Waals surface area contributed by atoms with Crippen LogP contribution in [0.25, 0.3) is 0 Å². The number of hydrogen-bond donors (Lipinski definition) is 1. The maximum absolute atomic E-state index is 11.9. The lowest BCUT2D eigenvalue weighted by atomic mass is 10.2. The van der Waals surface area contributed by atoms with Crippen molar-refractivity contribution in [2.45, 2.75) is 13.3 Å². The first-order valence-electron chi connectivity index (χ1n) is 6.16. The molecule has 4 heteroatoms. The van der Waals surface area contributed by atoms with Crippen LogP contribution in [0.15, 0.2) is 40.8 Å². The van der Waals surface area contributed by atoms with E-state index in [1.54, 1.807) is 25.3 Å². The fourth-order valence-corrected chi connectivity index (χ4v) is 1.79. The number of furan rings is 1. The Hall–Kier alpha value is -2.23. The highest BCUT2D eigenvalue weighted by Crippen LogP contribution is 2.12. The molecular formula is C15H17NO3. The van der Waals surface area contributed by atoms with Gasteiger partial charge in [0.2, 0.25) is 0 Å². The summed E-state index contributed by atoms with van der Waals surface area (Å²) in [6.45, 7) is 2.45. The summed E-state index contributed by atoms with van der Waals surface area (Å²) in [7, 11) is 1.58. The molecule has 0 saturated carbocycles. The zero-order valence-electron chi connectivity index (χ0n) is 11.1. The molecule has 100 valence electrons. The first kappa shape index (κ1) is 13.2. The number of carbonyl (C=O) groups excluding carboxylic acids is 1. The van der Waals surface area contributed by atoms with Crippen LogP contribution in [0, 0.1) is 6.92 Å². The molecule has 0 bridgehead atoms. The monoisotopic (exact) mass is 259 g/mol. The molecule has 0 aliphatic carbocycles. The molecule has 1 aromatic heterocycles. The predicted molar refractivity (Wildman–Crippen MR) is 72.5 cm³/mol. The summed E-state index contributed by atoms with van der Waals surface area (Å²) in [6, 6.07) is 10.9. The van der Waals surface area contributed by atoms with Crippen LogP contribution in [-0.2, 0) is 6.42 Å². The minimum atomic E-state index is -0.109. The number of ether oxygens (including phenoxy) is 1. The fourth-order valence-electron chi connectivity index (χ4n) is 1.79. The van der Waals surface area contributed by atoms with Crippen molar-refractivity contribution in [3.63, 3.8) is 0 Å². The number of amides is 1. The molecule has 2 rings (SSSR count). The van der Waals surface area contributed by atoms with E-state index in [1.807, 2.05) is 25.1 Å². The van der Waals surface area contributed by atoms with Gasteiger partial charge < -0.3 is 14.5 Å². The van der Waals surface area contributed by atoms with Gasteiger partial charge in [0.25, 0.3) is 5.91 Å². The van der Waals surface area contributed by atoms with Crippen LogP contribution in [0.4, 0.5) is 0 Å². The summed E-state index contributed by atoms with van der Waals surface area (Å²) in [4.78, 5) is 11.9. The van der Waals surface area contributed by atoms with E-state index >= 15 is 0 Å². The average Bonchev–Trinajstić information content (AvgIpc) is 2.84. The van der Waals surface area contributed by atoms with Crippen LogP contribution in [0.5, 0.6) is 5.75 Å². The van der Waals surface area contributed by atoms with Crippen molar-refractivity contribution in [2.75, 3.05) is 13.7 Å². The molecule has 19 heavy (non-hydrogen) atoms. The van der Waals surface area contributed by atoms with Crippen molar-refractivity contribution < 1.29 is 13.9 Å². The summed E-state index contributed by atoms with van der Waals surface area (Å²) in [5.74, 6) is 2.33. The first-order valence-corrected chi connectivity index (χ1v) is 6.16. The topological polar surface area (TPSA) is 51.5 Å². The van der Waals surface area contributed by atoms with E-state index in [0.29, 0.717) is 24.3 Å². The highest BCUT2D eigenvalue weighted by molar-refractivity contribution is 5.94. The van der Waals surface area contributed by atoms with Gasteiger partial charge in [-0.25, -0.2) is 0 Å². The van der Waals surface area contributed by atoms with E-state index in [0.717, 1.165) is 11.5 Å². The summed E-state index contributed by atoms with van der Waals surface area (Å²) < 4.78 is 10.5. The van der Waals surface area contributed by atoms with Gasteiger partial charge >= 0.3 is 0 Å². The summed E-state index contributed by atoms with van der Waals surface area (Å²) in [5, 5.41) is 2.85. The molecule has 0 radical (unpaired) electrons. The molecular weight excluding hydrogens is 242 g/mol. The lowest BCUT2D eigenvalue weighted by Crippen LogP contribution is -2.25. The van der Waals surface area contributed by atoms with Gasteiger partial charge in [0, 0.05) is 18.5 Å². The molecule has 0 saturated heterocycles. The second-order valence-corrected chi connectivity index (χ2v) is 4.25. The molecule has 1 aromatic carbocycles. The van der Waals surface area contributed by atoms with Crippen molar-refractivity contribution in [1.29, 1.82) is 0 Å². The number of benzene rings is 1. The van der Waals surface area contributed by atoms with E-state index in [-0.39, 0.29) is 5.91 Å². The van der Waals surface area contributed by atoms with Crippen molar-refractivity contribution in [3.8, 4) is 5.75 Å². The number of nitrogens with one attached hydrogen (secondary N) is 1. The standard InChI is InChI=1S/C15H17NO3/c1-11-6-7-13(19-11)8-9-16-15(17)12-4-3-5-14(10-12)18-2/h3-7,10H,8-9H2,1-2H3,(H,16,17). The van der Waals surface area contributed by atoms with Gasteiger partial charge in [0.1, 0.15) is 17.3 Å². The molecule has 0 spiro atoms. The molecule has 0 atom stereocenters. The third-order valence-electron chi connectivity index (χ3n) is 2.78. The molecule has 1 N–H and O–H groups in total. The normalized spacial score (nSPS) is 10.2. The van der Waals surface area contributed by atoms with Crippen LogP contribution in [0.3, 0.4) is 0 Å². The highest BCUT2D eigenvalue weighted by atomic mass is 16.5. The number of methoxy groups -OCH3 is 1. The minimum Gasteiger partial charge on any atom is -0.497 e. The van der Waals surface area contributed by atoms with Gasteiger partial charge in [-0.3, -0.25) is 4.79 Å². The van der Waals surface area contributed by atoms with Crippen molar-refractivity contribution in [2.24, 2.45) is 0 Å². The maximum atomic E-state index is 11.9. The lowest BCUT2D eigenvalue weighted by Gasteiger charge is -2.05. The van der Waals surface area contributed by atoms with E-state index in [1.165, 1.54) is 0 Å². The van der Waals surface area contributed by atoms with Gasteiger partial charge in [-0.05, 0) is 37.3 Å². The largest absolute Gasteiger partial charge is 0.497 e. The second kappa shape index (κ2) is 6.09. The molecule has 0 aliphatic rings. The van der Waals surface area contributed by atoms with Gasteiger partial charge in [0.15, 0.2) is 0 Å². The SMILES string of the molecule is COc1cccc(C(=O)NCCc2ccc(C)o2)c1. The summed E-state index contributed by atoms with van der Waals surface area (Å²) in [5.41, 5.74) is 0.593. The Labute approximate surface area is 112 Å². The number of aryl methyl sites for hydroxylation is 1. The van der Waals surface area contributed by atoms with Crippen molar-refractivity contribution in [1.82, 2.24) is 5.32 Å². The summed E-state index contributed by atoms with van der Waals surface area (Å²) in [6.07, 6.45) is 0.684. The highest BCUT2D eigenvalue weighted by Gasteiger charge is 2.06. The Morgan fingerprint density at radius 2 is 2.16 bits per heavy atom. The van der Waals surface area contributed by atoms with Gasteiger partial charge in [0.05, 0.1) is 7.11 Å². The third-order valence-corrected chi connectivity index (χ3v) is 2.78. The van der Waals surface area contributed by atoms with Gasteiger partial charge in [-0.1, -0.05) is 6.07 Å². The minimum absolute atomic E-state index is 0.109. The fraction of sp³-hybridized carbons (Fsp3) is 0.267. The molecule has 2 aromatic rings. The zero-order chi connectivity index (χ0) is 13.7. The summed E-state index contributed by atoms with van der Waals surface area (Å²) >= 11 is 0. The Morgan fingerprint density at radius 1 is 1.32 bits per heavy atom. The maximum Gasteiger partial charge on any atom is 0.251 e. The second-order valence-electron chi connectivity index (χ2n) is 4.25. The van der Waals surface area contributed by atoms with Crippen LogP contribution >= 0.6 is 0 Å². The Kier molecular flexibility index (Phi) is 4.23. The first-order chi connectivity index (χ1) is 9.19. The van der Waals surface area contributed by atoms with Gasteiger partial charge in [-0.2, -0.15) is 0 Å². The van der Waals surface area contributed by atoms with Crippen molar-refractivity contribution in [3.05, 3.63) is 53.5 Å². The van der Waals surface area contributed by atoms with Gasteiger partial charge in [-0.15, -0.1) is 0 Å². The Bertz CT molecular complexity index is 560. The smallest absolute Gasteiger partial charge is 0.251 e. The van der Waals surface area contributed by atoms with Crippen molar-refractivity contribution >= 4 is 5.91 Å². The average molecular weight is 259 g/mol. The van der Waals surface area contributed by atoms with E-state index in [2.05, 4.69) is 5.32 Å².